The topological polar surface area (TPSA) is 144 Å². The minimum absolute atomic E-state index is 0.271. The van der Waals surface area contributed by atoms with Crippen molar-refractivity contribution in [1.29, 1.82) is 5.26 Å². The number of carboxylic acid groups (broad SMARTS) is 1. The number of pyridine rings is 1. The number of hydrogen-bond donors (Lipinski definition) is 3. The third-order valence-electron chi connectivity index (χ3n) is 4.69. The molecule has 2 aromatic heterocycles. The van der Waals surface area contributed by atoms with Crippen LogP contribution in [0.1, 0.15) is 22.8 Å². The number of fused-ring (bicyclic) bond motifs is 2. The van der Waals surface area contributed by atoms with Gasteiger partial charge in [0.1, 0.15) is 22.4 Å². The molecule has 0 spiro atoms. The zero-order valence-electron chi connectivity index (χ0n) is 16.9. The highest BCUT2D eigenvalue weighted by molar-refractivity contribution is 7.98. The number of rotatable bonds is 6. The van der Waals surface area contributed by atoms with Gasteiger partial charge in [-0.2, -0.15) is 9.64 Å². The highest BCUT2D eigenvalue weighted by atomic mass is 32.2. The second kappa shape index (κ2) is 8.78. The smallest absolute Gasteiger partial charge is 0.339 e. The summed E-state index contributed by atoms with van der Waals surface area (Å²) < 4.78 is 4.29. The molecule has 9 nitrogen and oxygen atoms in total. The summed E-state index contributed by atoms with van der Waals surface area (Å²) in [6.07, 6.45) is 1.83. The van der Waals surface area contributed by atoms with Crippen molar-refractivity contribution in [1.82, 2.24) is 9.36 Å². The summed E-state index contributed by atoms with van der Waals surface area (Å²) in [4.78, 5) is 16.1. The molecule has 0 aliphatic rings. The van der Waals surface area contributed by atoms with Crippen molar-refractivity contribution in [3.05, 3.63) is 41.5 Å². The molecule has 0 atom stereocenters. The lowest BCUT2D eigenvalue weighted by atomic mass is 10.0. The Morgan fingerprint density at radius 1 is 1.31 bits per heavy atom. The average molecular weight is 465 g/mol. The number of phenols is 1. The van der Waals surface area contributed by atoms with E-state index in [0.717, 1.165) is 11.5 Å². The van der Waals surface area contributed by atoms with Gasteiger partial charge in [0.25, 0.3) is 0 Å². The molecule has 4 rings (SSSR count). The molecule has 11 heteroatoms. The molecular formula is C21H16N6O3S2. The summed E-state index contributed by atoms with van der Waals surface area (Å²) >= 11 is 2.44. The number of nitriles is 1. The fourth-order valence-corrected chi connectivity index (χ4v) is 4.42. The van der Waals surface area contributed by atoms with Crippen molar-refractivity contribution >= 4 is 67.4 Å². The predicted molar refractivity (Wildman–Crippen MR) is 125 cm³/mol. The van der Waals surface area contributed by atoms with Crippen LogP contribution in [0.25, 0.3) is 21.8 Å². The van der Waals surface area contributed by atoms with E-state index in [1.807, 2.05) is 19.2 Å². The molecule has 160 valence electrons. The first kappa shape index (κ1) is 21.5. The van der Waals surface area contributed by atoms with Gasteiger partial charge in [0.15, 0.2) is 10.6 Å². The van der Waals surface area contributed by atoms with E-state index in [1.54, 1.807) is 18.2 Å². The highest BCUT2D eigenvalue weighted by Crippen LogP contribution is 2.42. The van der Waals surface area contributed by atoms with E-state index < -0.39 is 5.97 Å². The Morgan fingerprint density at radius 3 is 2.81 bits per heavy atom. The Kier molecular flexibility index (Phi) is 5.89. The first-order chi connectivity index (χ1) is 15.5. The van der Waals surface area contributed by atoms with E-state index in [1.165, 1.54) is 17.8 Å². The van der Waals surface area contributed by atoms with Crippen LogP contribution in [0, 0.1) is 11.3 Å². The number of thioether (sulfide) groups is 1. The fourth-order valence-electron chi connectivity index (χ4n) is 3.28. The number of benzene rings is 2. The van der Waals surface area contributed by atoms with E-state index in [9.17, 15) is 20.3 Å². The number of aromatic nitrogens is 2. The number of carbonyl (C=O) groups is 1. The zero-order chi connectivity index (χ0) is 22.8. The molecule has 0 saturated carbocycles. The number of aromatic carboxylic acids is 1. The minimum Gasteiger partial charge on any atom is -0.506 e. The van der Waals surface area contributed by atoms with E-state index in [4.69, 9.17) is 0 Å². The Labute approximate surface area is 190 Å². The lowest BCUT2D eigenvalue weighted by molar-refractivity contribution is 0.0694. The quantitative estimate of drug-likeness (QED) is 0.244. The second-order valence-corrected chi connectivity index (χ2v) is 8.12. The molecule has 0 saturated heterocycles. The largest absolute Gasteiger partial charge is 0.506 e. The van der Waals surface area contributed by atoms with Crippen molar-refractivity contribution in [2.45, 2.75) is 11.9 Å². The minimum atomic E-state index is -1.27. The number of hydrogen-bond acceptors (Lipinski definition) is 10. The highest BCUT2D eigenvalue weighted by Gasteiger charge is 2.19. The molecule has 2 aromatic carbocycles. The van der Waals surface area contributed by atoms with Crippen LogP contribution in [-0.2, 0) is 0 Å². The number of anilines is 1. The van der Waals surface area contributed by atoms with Gasteiger partial charge in [0.2, 0.25) is 0 Å². The molecule has 0 fully saturated rings. The Bertz CT molecular complexity index is 1440. The second-order valence-electron chi connectivity index (χ2n) is 6.57. The molecule has 3 N–H and O–H groups in total. The molecule has 0 aliphatic heterocycles. The maximum Gasteiger partial charge on any atom is 0.339 e. The monoisotopic (exact) mass is 464 g/mol. The normalized spacial score (nSPS) is 11.3. The van der Waals surface area contributed by atoms with Crippen molar-refractivity contribution in [2.24, 2.45) is 10.2 Å². The van der Waals surface area contributed by atoms with Gasteiger partial charge in [0, 0.05) is 23.0 Å². The number of carboxylic acids is 1. The molecule has 0 bridgehead atoms. The van der Waals surface area contributed by atoms with Gasteiger partial charge in [-0.3, -0.25) is 0 Å². The van der Waals surface area contributed by atoms with Gasteiger partial charge in [-0.15, -0.1) is 22.0 Å². The van der Waals surface area contributed by atoms with Gasteiger partial charge in [-0.05, 0) is 42.9 Å². The Balaban J connectivity index is 1.91. The van der Waals surface area contributed by atoms with Gasteiger partial charge in [0.05, 0.1) is 16.6 Å². The van der Waals surface area contributed by atoms with Crippen LogP contribution in [0.2, 0.25) is 0 Å². The lowest BCUT2D eigenvalue weighted by Gasteiger charge is -2.12. The van der Waals surface area contributed by atoms with Crippen molar-refractivity contribution in [2.75, 3.05) is 18.1 Å². The average Bonchev–Trinajstić information content (AvgIpc) is 3.19. The number of aromatic hydroxyl groups is 1. The molecule has 2 heterocycles. The van der Waals surface area contributed by atoms with Crippen molar-refractivity contribution in [3.8, 4) is 11.8 Å². The van der Waals surface area contributed by atoms with Gasteiger partial charge in [-0.25, -0.2) is 9.78 Å². The summed E-state index contributed by atoms with van der Waals surface area (Å²) in [7, 11) is 0. The lowest BCUT2D eigenvalue weighted by Crippen LogP contribution is -2.00. The fraction of sp³-hybridized carbons (Fsp3) is 0.143. The zero-order valence-corrected chi connectivity index (χ0v) is 18.6. The van der Waals surface area contributed by atoms with Crippen molar-refractivity contribution < 1.29 is 15.0 Å². The maximum absolute atomic E-state index is 11.7. The molecular weight excluding hydrogens is 448 g/mol. The number of azo groups is 1. The predicted octanol–water partition coefficient (Wildman–Crippen LogP) is 5.69. The van der Waals surface area contributed by atoms with E-state index in [-0.39, 0.29) is 17.0 Å². The summed E-state index contributed by atoms with van der Waals surface area (Å²) in [6.45, 7) is 2.55. The van der Waals surface area contributed by atoms with Crippen LogP contribution >= 0.6 is 23.3 Å². The van der Waals surface area contributed by atoms with Crippen LogP contribution in [0.4, 0.5) is 16.4 Å². The third kappa shape index (κ3) is 3.70. The van der Waals surface area contributed by atoms with Gasteiger partial charge < -0.3 is 15.5 Å². The molecule has 0 radical (unpaired) electrons. The van der Waals surface area contributed by atoms with Gasteiger partial charge >= 0.3 is 5.97 Å². The van der Waals surface area contributed by atoms with Crippen LogP contribution in [-0.4, -0.2) is 38.3 Å². The summed E-state index contributed by atoms with van der Waals surface area (Å²) in [5.74, 6) is -1.60. The summed E-state index contributed by atoms with van der Waals surface area (Å²) in [5, 5.41) is 43.8. The molecule has 4 aromatic rings. The first-order valence-electron chi connectivity index (χ1n) is 9.40. The van der Waals surface area contributed by atoms with E-state index in [2.05, 4.69) is 31.0 Å². The maximum atomic E-state index is 11.7. The van der Waals surface area contributed by atoms with E-state index in [0.29, 0.717) is 49.6 Å². The van der Waals surface area contributed by atoms with Gasteiger partial charge in [-0.1, -0.05) is 12.1 Å². The third-order valence-corrected chi connectivity index (χ3v) is 6.12. The van der Waals surface area contributed by atoms with Crippen LogP contribution in [0.3, 0.4) is 0 Å². The Morgan fingerprint density at radius 2 is 2.12 bits per heavy atom. The van der Waals surface area contributed by atoms with Crippen molar-refractivity contribution in [3.63, 3.8) is 0 Å². The van der Waals surface area contributed by atoms with Crippen LogP contribution in [0.15, 0.2) is 45.6 Å². The van der Waals surface area contributed by atoms with Crippen LogP contribution < -0.4 is 5.32 Å². The SMILES string of the molecule is CCNc1cccc2c(O)c(C(=O)O)cc(/N=N/c3snc4nc(SC)c(C#N)cc34)c12. The first-order valence-corrected chi connectivity index (χ1v) is 11.4. The molecule has 32 heavy (non-hydrogen) atoms. The molecule has 0 amide bonds. The summed E-state index contributed by atoms with van der Waals surface area (Å²) in [6, 6.07) is 10.3. The standard InChI is InChI=1S/C21H16N6O3S2/c1-3-23-14-6-4-5-11-16(14)15(8-12(17(11)28)21(29)30)25-26-20-13-7-10(9-22)19(31-2)24-18(13)27-32-20/h4-8,23,28H,3H2,1-2H3,(H,29,30)/b26-25+. The number of nitrogens with one attached hydrogen (secondary N) is 1. The Hall–Kier alpha value is -3.75. The van der Waals surface area contributed by atoms with Crippen LogP contribution in [0.5, 0.6) is 5.75 Å². The number of nitrogens with zero attached hydrogens (tertiary/aromatic N) is 5. The summed E-state index contributed by atoms with van der Waals surface area (Å²) in [5.41, 5.74) is 1.58. The molecule has 0 aliphatic carbocycles. The molecule has 0 unspecified atom stereocenters. The van der Waals surface area contributed by atoms with E-state index >= 15 is 0 Å².